The van der Waals surface area contributed by atoms with E-state index in [9.17, 15) is 4.79 Å². The average Bonchev–Trinajstić information content (AvgIpc) is 2.65. The fraction of sp³-hybridized carbons (Fsp3) is 0.636. The first-order valence-corrected chi connectivity index (χ1v) is 6.54. The Hall–Kier alpha value is -1.30. The predicted octanol–water partition coefficient (Wildman–Crippen LogP) is 1.93. The quantitative estimate of drug-likeness (QED) is 0.679. The number of anilines is 2. The van der Waals surface area contributed by atoms with Crippen LogP contribution in [-0.2, 0) is 0 Å². The molecule has 17 heavy (non-hydrogen) atoms. The van der Waals surface area contributed by atoms with Crippen LogP contribution in [0.25, 0.3) is 0 Å². The zero-order chi connectivity index (χ0) is 12.8. The molecule has 1 rings (SSSR count). The normalized spacial score (nSPS) is 10.6. The van der Waals surface area contributed by atoms with Gasteiger partial charge in [0.2, 0.25) is 0 Å². The van der Waals surface area contributed by atoms with Crippen LogP contribution < -0.4 is 16.4 Å². The molecule has 1 heterocycles. The molecular weight excluding hydrogens is 236 g/mol. The molecule has 5 nitrogen and oxygen atoms in total. The molecule has 1 amide bonds. The number of aromatic nitrogens is 1. The Kier molecular flexibility index (Phi) is 5.21. The van der Waals surface area contributed by atoms with E-state index in [0.717, 1.165) is 24.4 Å². The lowest BCUT2D eigenvalue weighted by atomic mass is 10.1. The van der Waals surface area contributed by atoms with Crippen LogP contribution in [0.3, 0.4) is 0 Å². The highest BCUT2D eigenvalue weighted by Crippen LogP contribution is 2.26. The molecule has 0 aromatic carbocycles. The van der Waals surface area contributed by atoms with E-state index in [2.05, 4.69) is 28.9 Å². The smallest absolute Gasteiger partial charge is 0.257 e. The minimum atomic E-state index is -0.192. The van der Waals surface area contributed by atoms with Gasteiger partial charge < -0.3 is 16.4 Å². The Morgan fingerprint density at radius 3 is 2.82 bits per heavy atom. The van der Waals surface area contributed by atoms with E-state index < -0.39 is 0 Å². The maximum atomic E-state index is 11.6. The molecule has 0 aliphatic heterocycles. The number of carbonyl (C=O) groups excluding carboxylic acids is 1. The van der Waals surface area contributed by atoms with Crippen LogP contribution in [0.2, 0.25) is 0 Å². The van der Waals surface area contributed by atoms with Gasteiger partial charge in [0.15, 0.2) is 5.82 Å². The number of nitrogen functional groups attached to an aromatic ring is 1. The van der Waals surface area contributed by atoms with Gasteiger partial charge in [0.05, 0.1) is 0 Å². The molecule has 0 radical (unpaired) electrons. The number of nitrogens with one attached hydrogen (secondary N) is 2. The Bertz CT molecular complexity index is 376. The Labute approximate surface area is 106 Å². The van der Waals surface area contributed by atoms with Crippen molar-refractivity contribution in [2.24, 2.45) is 5.92 Å². The molecule has 4 N–H and O–H groups in total. The molecule has 0 saturated heterocycles. The molecule has 0 fully saturated rings. The van der Waals surface area contributed by atoms with Gasteiger partial charge in [-0.3, -0.25) is 4.79 Å². The van der Waals surface area contributed by atoms with Gasteiger partial charge in [-0.2, -0.15) is 4.37 Å². The second kappa shape index (κ2) is 6.44. The van der Waals surface area contributed by atoms with Crippen molar-refractivity contribution in [3.05, 3.63) is 5.56 Å². The van der Waals surface area contributed by atoms with Crippen molar-refractivity contribution in [3.8, 4) is 0 Å². The summed E-state index contributed by atoms with van der Waals surface area (Å²) in [7, 11) is 1.59. The predicted molar refractivity (Wildman–Crippen MR) is 72.5 cm³/mol. The summed E-state index contributed by atoms with van der Waals surface area (Å²) in [6, 6.07) is 0. The molecule has 1 aromatic heterocycles. The number of rotatable bonds is 6. The molecular formula is C11H20N4OS. The molecule has 0 aliphatic rings. The fourth-order valence-corrected chi connectivity index (χ4v) is 2.22. The minimum Gasteiger partial charge on any atom is -0.382 e. The summed E-state index contributed by atoms with van der Waals surface area (Å²) < 4.78 is 4.00. The maximum Gasteiger partial charge on any atom is 0.257 e. The first-order chi connectivity index (χ1) is 8.06. The number of carbonyl (C=O) groups is 1. The fourth-order valence-electron chi connectivity index (χ4n) is 1.48. The third-order valence-corrected chi connectivity index (χ3v) is 3.24. The highest BCUT2D eigenvalue weighted by atomic mass is 32.1. The Balaban J connectivity index is 2.56. The molecule has 96 valence electrons. The number of amides is 1. The highest BCUT2D eigenvalue weighted by molar-refractivity contribution is 7.11. The van der Waals surface area contributed by atoms with E-state index in [-0.39, 0.29) is 5.91 Å². The molecule has 0 atom stereocenters. The molecule has 0 bridgehead atoms. The van der Waals surface area contributed by atoms with Crippen molar-refractivity contribution in [1.29, 1.82) is 0 Å². The molecule has 1 aromatic rings. The Morgan fingerprint density at radius 2 is 2.24 bits per heavy atom. The van der Waals surface area contributed by atoms with Crippen molar-refractivity contribution in [3.63, 3.8) is 0 Å². The van der Waals surface area contributed by atoms with Crippen LogP contribution in [0.15, 0.2) is 0 Å². The van der Waals surface area contributed by atoms with E-state index >= 15 is 0 Å². The van der Waals surface area contributed by atoms with Crippen LogP contribution in [0.1, 0.15) is 37.0 Å². The van der Waals surface area contributed by atoms with E-state index in [1.165, 1.54) is 11.5 Å². The minimum absolute atomic E-state index is 0.192. The Morgan fingerprint density at radius 1 is 1.53 bits per heavy atom. The molecule has 0 saturated carbocycles. The summed E-state index contributed by atoms with van der Waals surface area (Å²) in [5, 5.41) is 6.54. The van der Waals surface area contributed by atoms with E-state index in [1.807, 2.05) is 0 Å². The lowest BCUT2D eigenvalue weighted by Gasteiger charge is -2.07. The van der Waals surface area contributed by atoms with Crippen LogP contribution in [0.5, 0.6) is 0 Å². The standard InChI is InChI=1S/C11H20N4OS/c1-7(2)5-4-6-14-11-8(10(16)13-3)9(12)15-17-11/h7,14H,4-6H2,1-3H3,(H2,12,15)(H,13,16). The van der Waals surface area contributed by atoms with Crippen LogP contribution in [-0.4, -0.2) is 23.9 Å². The van der Waals surface area contributed by atoms with Gasteiger partial charge >= 0.3 is 0 Å². The van der Waals surface area contributed by atoms with Gasteiger partial charge in [0.25, 0.3) is 5.91 Å². The summed E-state index contributed by atoms with van der Waals surface area (Å²) >= 11 is 1.23. The summed E-state index contributed by atoms with van der Waals surface area (Å²) in [5.41, 5.74) is 6.13. The van der Waals surface area contributed by atoms with Gasteiger partial charge in [-0.15, -0.1) is 0 Å². The number of nitrogens with two attached hydrogens (primary N) is 1. The van der Waals surface area contributed by atoms with Crippen LogP contribution in [0, 0.1) is 5.92 Å². The summed E-state index contributed by atoms with van der Waals surface area (Å²) in [6.07, 6.45) is 2.24. The summed E-state index contributed by atoms with van der Waals surface area (Å²) in [5.74, 6) is 0.796. The third-order valence-electron chi connectivity index (χ3n) is 2.42. The van der Waals surface area contributed by atoms with Gasteiger partial charge in [0, 0.05) is 13.6 Å². The molecule has 0 aliphatic carbocycles. The number of hydrogen-bond acceptors (Lipinski definition) is 5. The third kappa shape index (κ3) is 3.89. The van der Waals surface area contributed by atoms with Gasteiger partial charge in [-0.25, -0.2) is 0 Å². The summed E-state index contributed by atoms with van der Waals surface area (Å²) in [6.45, 7) is 5.23. The zero-order valence-electron chi connectivity index (χ0n) is 10.5. The first kappa shape index (κ1) is 13.8. The average molecular weight is 256 g/mol. The van der Waals surface area contributed by atoms with Gasteiger partial charge in [0.1, 0.15) is 10.6 Å². The number of nitrogens with zero attached hydrogens (tertiary/aromatic N) is 1. The van der Waals surface area contributed by atoms with Gasteiger partial charge in [-0.1, -0.05) is 13.8 Å². The largest absolute Gasteiger partial charge is 0.382 e. The zero-order valence-corrected chi connectivity index (χ0v) is 11.4. The van der Waals surface area contributed by atoms with Crippen LogP contribution in [0.4, 0.5) is 10.8 Å². The monoisotopic (exact) mass is 256 g/mol. The van der Waals surface area contributed by atoms with Crippen molar-refractivity contribution in [2.45, 2.75) is 26.7 Å². The first-order valence-electron chi connectivity index (χ1n) is 5.77. The van der Waals surface area contributed by atoms with E-state index in [4.69, 9.17) is 5.73 Å². The molecule has 0 unspecified atom stereocenters. The number of hydrogen-bond donors (Lipinski definition) is 3. The second-order valence-electron chi connectivity index (χ2n) is 4.31. The summed E-state index contributed by atoms with van der Waals surface area (Å²) in [4.78, 5) is 11.6. The maximum absolute atomic E-state index is 11.6. The lowest BCUT2D eigenvalue weighted by molar-refractivity contribution is 0.0965. The van der Waals surface area contributed by atoms with Crippen molar-refractivity contribution < 1.29 is 4.79 Å². The topological polar surface area (TPSA) is 80.0 Å². The van der Waals surface area contributed by atoms with Gasteiger partial charge in [-0.05, 0) is 30.3 Å². The van der Waals surface area contributed by atoms with E-state index in [0.29, 0.717) is 17.3 Å². The lowest BCUT2D eigenvalue weighted by Crippen LogP contribution is -2.20. The van der Waals surface area contributed by atoms with Crippen LogP contribution >= 0.6 is 11.5 Å². The van der Waals surface area contributed by atoms with Crippen molar-refractivity contribution in [1.82, 2.24) is 9.69 Å². The van der Waals surface area contributed by atoms with E-state index in [1.54, 1.807) is 7.05 Å². The molecule has 0 spiro atoms. The highest BCUT2D eigenvalue weighted by Gasteiger charge is 2.17. The second-order valence-corrected chi connectivity index (χ2v) is 5.09. The molecule has 6 heteroatoms. The van der Waals surface area contributed by atoms with Crippen molar-refractivity contribution >= 4 is 28.3 Å². The van der Waals surface area contributed by atoms with Crippen molar-refractivity contribution in [2.75, 3.05) is 24.6 Å². The SMILES string of the molecule is CNC(=O)c1c(N)nsc1NCCCC(C)C.